The number of nitrogens with zero attached hydrogens (tertiary/aromatic N) is 1. The summed E-state index contributed by atoms with van der Waals surface area (Å²) in [5.74, 6) is 1.58. The monoisotopic (exact) mass is 303 g/mol. The van der Waals surface area contributed by atoms with Crippen LogP contribution >= 0.6 is 11.8 Å². The topological polar surface area (TPSA) is 51.6 Å². The third kappa shape index (κ3) is 3.49. The molecule has 110 valence electrons. The number of benzene rings is 1. The van der Waals surface area contributed by atoms with Crippen LogP contribution in [-0.2, 0) is 0 Å². The molecule has 3 rings (SSSR count). The zero-order valence-corrected chi connectivity index (χ0v) is 12.6. The molecule has 1 aliphatic heterocycles. The molecule has 0 aliphatic carbocycles. The maximum absolute atomic E-state index is 9.63. The van der Waals surface area contributed by atoms with Crippen LogP contribution in [0.5, 0.6) is 11.5 Å². The fourth-order valence-corrected chi connectivity index (χ4v) is 2.92. The first kappa shape index (κ1) is 14.2. The van der Waals surface area contributed by atoms with E-state index in [1.807, 2.05) is 30.3 Å². The number of hydrogen-bond acceptors (Lipinski definition) is 5. The van der Waals surface area contributed by atoms with Crippen LogP contribution in [0, 0.1) is 0 Å². The Balaban J connectivity index is 1.82. The van der Waals surface area contributed by atoms with Gasteiger partial charge in [-0.2, -0.15) is 0 Å². The SMILES string of the molecule is CC(O)c1ccnc(Sc2ccc3c(c2)OCCCO3)c1. The second kappa shape index (κ2) is 6.37. The maximum Gasteiger partial charge on any atom is 0.162 e. The van der Waals surface area contributed by atoms with E-state index in [1.165, 1.54) is 0 Å². The average molecular weight is 303 g/mol. The smallest absolute Gasteiger partial charge is 0.162 e. The minimum absolute atomic E-state index is 0.490. The van der Waals surface area contributed by atoms with Crippen molar-refractivity contribution in [3.8, 4) is 11.5 Å². The lowest BCUT2D eigenvalue weighted by atomic mass is 10.2. The first-order valence-electron chi connectivity index (χ1n) is 6.94. The van der Waals surface area contributed by atoms with Gasteiger partial charge in [0.25, 0.3) is 0 Å². The molecule has 0 saturated heterocycles. The van der Waals surface area contributed by atoms with Crippen molar-refractivity contribution in [1.82, 2.24) is 4.98 Å². The molecular formula is C16H17NO3S. The highest BCUT2D eigenvalue weighted by molar-refractivity contribution is 7.99. The van der Waals surface area contributed by atoms with Crippen molar-refractivity contribution in [2.75, 3.05) is 13.2 Å². The van der Waals surface area contributed by atoms with Crippen molar-refractivity contribution in [3.63, 3.8) is 0 Å². The molecule has 2 heterocycles. The molecule has 1 aromatic heterocycles. The van der Waals surface area contributed by atoms with E-state index in [0.29, 0.717) is 13.2 Å². The van der Waals surface area contributed by atoms with Gasteiger partial charge in [0.1, 0.15) is 5.03 Å². The normalized spacial score (nSPS) is 15.3. The van der Waals surface area contributed by atoms with E-state index in [-0.39, 0.29) is 0 Å². The van der Waals surface area contributed by atoms with Crippen LogP contribution < -0.4 is 9.47 Å². The van der Waals surface area contributed by atoms with Crippen LogP contribution in [0.15, 0.2) is 46.5 Å². The highest BCUT2D eigenvalue weighted by Crippen LogP contribution is 2.36. The van der Waals surface area contributed by atoms with Crippen molar-refractivity contribution in [2.24, 2.45) is 0 Å². The van der Waals surface area contributed by atoms with Crippen molar-refractivity contribution >= 4 is 11.8 Å². The zero-order chi connectivity index (χ0) is 14.7. The van der Waals surface area contributed by atoms with E-state index >= 15 is 0 Å². The van der Waals surface area contributed by atoms with E-state index in [4.69, 9.17) is 9.47 Å². The third-order valence-electron chi connectivity index (χ3n) is 3.18. The molecule has 21 heavy (non-hydrogen) atoms. The van der Waals surface area contributed by atoms with E-state index in [9.17, 15) is 5.11 Å². The van der Waals surface area contributed by atoms with Crippen LogP contribution in [0.2, 0.25) is 0 Å². The van der Waals surface area contributed by atoms with Gasteiger partial charge in [0, 0.05) is 17.5 Å². The molecule has 0 spiro atoms. The maximum atomic E-state index is 9.63. The van der Waals surface area contributed by atoms with E-state index in [0.717, 1.165) is 33.4 Å². The Morgan fingerprint density at radius 3 is 2.76 bits per heavy atom. The van der Waals surface area contributed by atoms with Crippen LogP contribution in [0.4, 0.5) is 0 Å². The van der Waals surface area contributed by atoms with Crippen LogP contribution in [-0.4, -0.2) is 23.3 Å². The third-order valence-corrected chi connectivity index (χ3v) is 4.10. The number of aromatic nitrogens is 1. The standard InChI is InChI=1S/C16H17NO3S/c1-11(18)12-5-6-17-16(9-12)21-13-3-4-14-15(10-13)20-8-2-7-19-14/h3-6,9-11,18H,2,7-8H2,1H3. The molecule has 4 nitrogen and oxygen atoms in total. The predicted octanol–water partition coefficient (Wildman–Crippen LogP) is 3.45. The highest BCUT2D eigenvalue weighted by atomic mass is 32.2. The molecule has 1 atom stereocenters. The minimum Gasteiger partial charge on any atom is -0.490 e. The molecule has 0 bridgehead atoms. The Morgan fingerprint density at radius 1 is 1.14 bits per heavy atom. The van der Waals surface area contributed by atoms with Gasteiger partial charge in [-0.05, 0) is 42.8 Å². The first-order valence-corrected chi connectivity index (χ1v) is 7.75. The first-order chi connectivity index (χ1) is 10.2. The minimum atomic E-state index is -0.490. The summed E-state index contributed by atoms with van der Waals surface area (Å²) in [6.45, 7) is 3.12. The Hall–Kier alpha value is -1.72. The van der Waals surface area contributed by atoms with Gasteiger partial charge in [-0.1, -0.05) is 11.8 Å². The number of fused-ring (bicyclic) bond motifs is 1. The molecular weight excluding hydrogens is 286 g/mol. The molecule has 2 aromatic rings. The number of ether oxygens (including phenoxy) is 2. The molecule has 0 amide bonds. The zero-order valence-electron chi connectivity index (χ0n) is 11.8. The van der Waals surface area contributed by atoms with E-state index < -0.39 is 6.10 Å². The summed E-state index contributed by atoms with van der Waals surface area (Å²) < 4.78 is 11.3. The fraction of sp³-hybridized carbons (Fsp3) is 0.312. The van der Waals surface area contributed by atoms with Crippen molar-refractivity contribution < 1.29 is 14.6 Å². The van der Waals surface area contributed by atoms with Crippen molar-refractivity contribution in [1.29, 1.82) is 0 Å². The quantitative estimate of drug-likeness (QED) is 0.941. The van der Waals surface area contributed by atoms with Gasteiger partial charge in [0.05, 0.1) is 19.3 Å². The summed E-state index contributed by atoms with van der Waals surface area (Å²) >= 11 is 1.54. The van der Waals surface area contributed by atoms with Gasteiger partial charge in [0.15, 0.2) is 11.5 Å². The summed E-state index contributed by atoms with van der Waals surface area (Å²) in [4.78, 5) is 5.36. The van der Waals surface area contributed by atoms with Gasteiger partial charge in [-0.25, -0.2) is 4.98 Å². The summed E-state index contributed by atoms with van der Waals surface area (Å²) in [6, 6.07) is 9.62. The summed E-state index contributed by atoms with van der Waals surface area (Å²) in [7, 11) is 0. The molecule has 1 N–H and O–H groups in total. The van der Waals surface area contributed by atoms with Crippen molar-refractivity contribution in [3.05, 3.63) is 42.1 Å². The lowest BCUT2D eigenvalue weighted by Crippen LogP contribution is -1.97. The Kier molecular flexibility index (Phi) is 4.31. The van der Waals surface area contributed by atoms with Crippen LogP contribution in [0.3, 0.4) is 0 Å². The second-order valence-corrected chi connectivity index (χ2v) is 5.96. The fourth-order valence-electron chi connectivity index (χ4n) is 2.07. The lowest BCUT2D eigenvalue weighted by Gasteiger charge is -2.10. The highest BCUT2D eigenvalue weighted by Gasteiger charge is 2.12. The van der Waals surface area contributed by atoms with Gasteiger partial charge < -0.3 is 14.6 Å². The average Bonchev–Trinajstić information content (AvgIpc) is 2.72. The van der Waals surface area contributed by atoms with Crippen LogP contribution in [0.25, 0.3) is 0 Å². The predicted molar refractivity (Wildman–Crippen MR) is 81.0 cm³/mol. The van der Waals surface area contributed by atoms with Gasteiger partial charge >= 0.3 is 0 Å². The Labute approximate surface area is 128 Å². The second-order valence-electron chi connectivity index (χ2n) is 4.86. The van der Waals surface area contributed by atoms with Crippen LogP contribution in [0.1, 0.15) is 25.0 Å². The lowest BCUT2D eigenvalue weighted by molar-refractivity contribution is 0.199. The van der Waals surface area contributed by atoms with Gasteiger partial charge in [0.2, 0.25) is 0 Å². The Bertz CT molecular complexity index is 631. The van der Waals surface area contributed by atoms with E-state index in [2.05, 4.69) is 4.98 Å². The summed E-state index contributed by atoms with van der Waals surface area (Å²) in [5.41, 5.74) is 0.863. The number of aliphatic hydroxyl groups excluding tert-OH is 1. The number of aliphatic hydroxyl groups is 1. The number of hydrogen-bond donors (Lipinski definition) is 1. The summed E-state index contributed by atoms with van der Waals surface area (Å²) in [6.07, 6.45) is 2.12. The summed E-state index contributed by atoms with van der Waals surface area (Å²) in [5, 5.41) is 10.5. The molecule has 1 aliphatic rings. The Morgan fingerprint density at radius 2 is 1.95 bits per heavy atom. The van der Waals surface area contributed by atoms with Gasteiger partial charge in [-0.3, -0.25) is 0 Å². The number of pyridine rings is 1. The number of rotatable bonds is 3. The molecule has 0 fully saturated rings. The molecule has 5 heteroatoms. The van der Waals surface area contributed by atoms with E-state index in [1.54, 1.807) is 24.9 Å². The largest absolute Gasteiger partial charge is 0.490 e. The molecule has 1 unspecified atom stereocenters. The van der Waals surface area contributed by atoms with Crippen molar-refractivity contribution in [2.45, 2.75) is 29.4 Å². The molecule has 0 saturated carbocycles. The molecule has 0 radical (unpaired) electrons. The molecule has 1 aromatic carbocycles. The van der Waals surface area contributed by atoms with Gasteiger partial charge in [-0.15, -0.1) is 0 Å².